The lowest BCUT2D eigenvalue weighted by Crippen LogP contribution is -2.36. The normalized spacial score (nSPS) is 15.2. The fourth-order valence-electron chi connectivity index (χ4n) is 3.40. The summed E-state index contributed by atoms with van der Waals surface area (Å²) in [5, 5.41) is 6.49. The van der Waals surface area contributed by atoms with Crippen molar-refractivity contribution in [2.75, 3.05) is 0 Å². The van der Waals surface area contributed by atoms with Gasteiger partial charge in [0.1, 0.15) is 11.4 Å². The second-order valence-electron chi connectivity index (χ2n) is 7.43. The van der Waals surface area contributed by atoms with Crippen molar-refractivity contribution < 1.29 is 26.7 Å². The van der Waals surface area contributed by atoms with E-state index in [-0.39, 0.29) is 5.69 Å². The Hall–Kier alpha value is -3.30. The number of aromatic nitrogens is 3. The van der Waals surface area contributed by atoms with Gasteiger partial charge in [-0.25, -0.2) is 8.78 Å². The predicted octanol–water partition coefficient (Wildman–Crippen LogP) is 4.86. The van der Waals surface area contributed by atoms with Crippen LogP contribution in [0.1, 0.15) is 46.6 Å². The summed E-state index contributed by atoms with van der Waals surface area (Å²) in [6, 6.07) is 9.21. The Morgan fingerprint density at radius 3 is 2.45 bits per heavy atom. The van der Waals surface area contributed by atoms with E-state index >= 15 is 0 Å². The van der Waals surface area contributed by atoms with Crippen molar-refractivity contribution in [3.8, 4) is 11.3 Å². The number of carbonyl (C=O) groups is 1. The second kappa shape index (κ2) is 7.44. The summed E-state index contributed by atoms with van der Waals surface area (Å²) < 4.78 is 65.6. The standard InChI is InChI=1S/C21H17F5N4O/c1-30-17(10-16(29-30)18(22)23)19(31)28-20(7-8-20)14-5-6-15(27-11-14)12-3-2-4-13(9-12)21(24,25)26/h2-6,9-11,18H,7-8H2,1H3,(H,28,31). The Balaban J connectivity index is 1.54. The highest BCUT2D eigenvalue weighted by molar-refractivity contribution is 5.93. The summed E-state index contributed by atoms with van der Waals surface area (Å²) in [6.07, 6.45) is -4.47. The number of hydrogen-bond donors (Lipinski definition) is 1. The lowest BCUT2D eigenvalue weighted by molar-refractivity contribution is -0.137. The van der Waals surface area contributed by atoms with Crippen molar-refractivity contribution in [1.82, 2.24) is 20.1 Å². The van der Waals surface area contributed by atoms with E-state index in [0.29, 0.717) is 29.7 Å². The van der Waals surface area contributed by atoms with Crippen molar-refractivity contribution in [2.24, 2.45) is 7.05 Å². The smallest absolute Gasteiger partial charge is 0.341 e. The van der Waals surface area contributed by atoms with E-state index in [4.69, 9.17) is 0 Å². The van der Waals surface area contributed by atoms with E-state index in [9.17, 15) is 26.7 Å². The van der Waals surface area contributed by atoms with Gasteiger partial charge in [-0.1, -0.05) is 18.2 Å². The third kappa shape index (κ3) is 4.14. The summed E-state index contributed by atoms with van der Waals surface area (Å²) in [5.41, 5.74) is -0.547. The monoisotopic (exact) mass is 436 g/mol. The van der Waals surface area contributed by atoms with Crippen LogP contribution in [0.4, 0.5) is 22.0 Å². The maximum Gasteiger partial charge on any atom is 0.416 e. The molecule has 2 heterocycles. The number of rotatable bonds is 5. The van der Waals surface area contributed by atoms with Crippen LogP contribution in [0.25, 0.3) is 11.3 Å². The van der Waals surface area contributed by atoms with Crippen molar-refractivity contribution in [3.05, 3.63) is 71.2 Å². The lowest BCUT2D eigenvalue weighted by Gasteiger charge is -2.18. The molecule has 1 aliphatic rings. The summed E-state index contributed by atoms with van der Waals surface area (Å²) in [5.74, 6) is -0.540. The maximum absolute atomic E-state index is 12.9. The van der Waals surface area contributed by atoms with Crippen LogP contribution < -0.4 is 5.32 Å². The molecule has 1 amide bonds. The van der Waals surface area contributed by atoms with Gasteiger partial charge in [-0.3, -0.25) is 14.5 Å². The van der Waals surface area contributed by atoms with Crippen LogP contribution in [0, 0.1) is 0 Å². The highest BCUT2D eigenvalue weighted by Crippen LogP contribution is 2.45. The molecule has 10 heteroatoms. The van der Waals surface area contributed by atoms with Crippen LogP contribution in [-0.4, -0.2) is 20.7 Å². The second-order valence-corrected chi connectivity index (χ2v) is 7.43. The van der Waals surface area contributed by atoms with Gasteiger partial charge < -0.3 is 5.32 Å². The van der Waals surface area contributed by atoms with Gasteiger partial charge in [-0.05, 0) is 42.7 Å². The van der Waals surface area contributed by atoms with Crippen LogP contribution in [0.3, 0.4) is 0 Å². The first kappa shape index (κ1) is 21.0. The molecule has 0 saturated heterocycles. The van der Waals surface area contributed by atoms with Crippen LogP contribution in [0.5, 0.6) is 0 Å². The molecule has 1 fully saturated rings. The number of halogens is 5. The molecule has 0 aliphatic heterocycles. The first-order valence-electron chi connectivity index (χ1n) is 9.38. The highest BCUT2D eigenvalue weighted by Gasteiger charge is 2.46. The maximum atomic E-state index is 12.9. The molecular formula is C21H17F5N4O. The number of hydrogen-bond acceptors (Lipinski definition) is 3. The molecule has 2 aromatic heterocycles. The number of benzene rings is 1. The van der Waals surface area contributed by atoms with Crippen molar-refractivity contribution in [2.45, 2.75) is 31.0 Å². The van der Waals surface area contributed by atoms with E-state index < -0.39 is 35.3 Å². The SMILES string of the molecule is Cn1nc(C(F)F)cc1C(=O)NC1(c2ccc(-c3cccc(C(F)(F)F)c3)nc2)CC1. The van der Waals surface area contributed by atoms with Crippen molar-refractivity contribution in [1.29, 1.82) is 0 Å². The molecule has 1 N–H and O–H groups in total. The predicted molar refractivity (Wildman–Crippen MR) is 101 cm³/mol. The molecular weight excluding hydrogens is 419 g/mol. The zero-order valence-electron chi connectivity index (χ0n) is 16.3. The summed E-state index contributed by atoms with van der Waals surface area (Å²) in [4.78, 5) is 16.9. The number of carbonyl (C=O) groups excluding carboxylic acids is 1. The third-order valence-electron chi connectivity index (χ3n) is 5.26. The van der Waals surface area contributed by atoms with Gasteiger partial charge in [0.15, 0.2) is 0 Å². The number of amides is 1. The molecule has 1 saturated carbocycles. The zero-order valence-corrected chi connectivity index (χ0v) is 16.3. The minimum atomic E-state index is -4.45. The van der Waals surface area contributed by atoms with E-state index in [2.05, 4.69) is 15.4 Å². The van der Waals surface area contributed by atoms with Gasteiger partial charge in [0.2, 0.25) is 0 Å². The van der Waals surface area contributed by atoms with Crippen LogP contribution in [0.2, 0.25) is 0 Å². The molecule has 1 aliphatic carbocycles. The Morgan fingerprint density at radius 2 is 1.90 bits per heavy atom. The van der Waals surface area contributed by atoms with E-state index in [1.54, 1.807) is 12.1 Å². The summed E-state index contributed by atoms with van der Waals surface area (Å²) in [7, 11) is 1.41. The molecule has 4 rings (SSSR count). The van der Waals surface area contributed by atoms with E-state index in [1.807, 2.05) is 0 Å². The molecule has 0 bridgehead atoms. The largest absolute Gasteiger partial charge is 0.416 e. The number of nitrogens with zero attached hydrogens (tertiary/aromatic N) is 3. The lowest BCUT2D eigenvalue weighted by atomic mass is 10.0. The number of alkyl halides is 5. The van der Waals surface area contributed by atoms with E-state index in [0.717, 1.165) is 22.9 Å². The molecule has 0 unspecified atom stereocenters. The van der Waals surface area contributed by atoms with Gasteiger partial charge in [-0.15, -0.1) is 0 Å². The van der Waals surface area contributed by atoms with Gasteiger partial charge in [-0.2, -0.15) is 18.3 Å². The van der Waals surface area contributed by atoms with Gasteiger partial charge in [0.25, 0.3) is 12.3 Å². The van der Waals surface area contributed by atoms with Crippen molar-refractivity contribution in [3.63, 3.8) is 0 Å². The number of nitrogens with one attached hydrogen (secondary N) is 1. The van der Waals surface area contributed by atoms with Crippen LogP contribution in [-0.2, 0) is 18.8 Å². The summed E-state index contributed by atoms with van der Waals surface area (Å²) >= 11 is 0. The molecule has 162 valence electrons. The Labute approximate surface area is 173 Å². The van der Waals surface area contributed by atoms with Gasteiger partial charge in [0.05, 0.1) is 16.8 Å². The number of pyridine rings is 1. The van der Waals surface area contributed by atoms with Gasteiger partial charge in [0, 0.05) is 18.8 Å². The first-order chi connectivity index (χ1) is 14.6. The Bertz CT molecular complexity index is 1120. The average molecular weight is 436 g/mol. The van der Waals surface area contributed by atoms with Gasteiger partial charge >= 0.3 is 6.18 Å². The fourth-order valence-corrected chi connectivity index (χ4v) is 3.40. The average Bonchev–Trinajstić information content (AvgIpc) is 3.39. The molecule has 0 atom stereocenters. The number of aryl methyl sites for hydroxylation is 1. The molecule has 31 heavy (non-hydrogen) atoms. The summed E-state index contributed by atoms with van der Waals surface area (Å²) in [6.45, 7) is 0. The van der Waals surface area contributed by atoms with Crippen LogP contribution in [0.15, 0.2) is 48.7 Å². The minimum Gasteiger partial charge on any atom is -0.341 e. The minimum absolute atomic E-state index is 0.00937. The molecule has 1 aromatic carbocycles. The fraction of sp³-hybridized carbons (Fsp3) is 0.286. The molecule has 0 spiro atoms. The van der Waals surface area contributed by atoms with Crippen LogP contribution >= 0.6 is 0 Å². The Morgan fingerprint density at radius 1 is 1.16 bits per heavy atom. The first-order valence-corrected chi connectivity index (χ1v) is 9.38. The molecule has 5 nitrogen and oxygen atoms in total. The van der Waals surface area contributed by atoms with E-state index in [1.165, 1.54) is 25.4 Å². The topological polar surface area (TPSA) is 59.8 Å². The quantitative estimate of drug-likeness (QED) is 0.582. The van der Waals surface area contributed by atoms with Crippen molar-refractivity contribution >= 4 is 5.91 Å². The highest BCUT2D eigenvalue weighted by atomic mass is 19.4. The molecule has 0 radical (unpaired) electrons. The zero-order chi connectivity index (χ0) is 22.4. The molecule has 3 aromatic rings. The third-order valence-corrected chi connectivity index (χ3v) is 5.26. The Kier molecular flexibility index (Phi) is 5.03.